The maximum absolute atomic E-state index is 10.5. The average molecular weight is 355 g/mol. The van der Waals surface area contributed by atoms with E-state index < -0.39 is 6.10 Å². The number of nitrogens with one attached hydrogen (secondary N) is 1. The van der Waals surface area contributed by atoms with Gasteiger partial charge in [0.15, 0.2) is 5.82 Å². The lowest BCUT2D eigenvalue weighted by molar-refractivity contribution is 0.135. The van der Waals surface area contributed by atoms with Crippen LogP contribution in [0.25, 0.3) is 5.82 Å². The first-order valence-electron chi connectivity index (χ1n) is 8.68. The second kappa shape index (κ2) is 7.35. The van der Waals surface area contributed by atoms with E-state index in [9.17, 15) is 10.2 Å². The lowest BCUT2D eigenvalue weighted by atomic mass is 10.0. The highest BCUT2D eigenvalue weighted by atomic mass is 16.5. The van der Waals surface area contributed by atoms with Gasteiger partial charge in [-0.1, -0.05) is 17.3 Å². The fourth-order valence-electron chi connectivity index (χ4n) is 3.16. The molecule has 3 N–H and O–H groups in total. The molecule has 6 nitrogen and oxygen atoms in total. The number of aliphatic hydroxyl groups is 1. The molecule has 0 aliphatic carbocycles. The van der Waals surface area contributed by atoms with Crippen LogP contribution in [0.4, 0.5) is 0 Å². The average Bonchev–Trinajstić information content (AvgIpc) is 3.15. The van der Waals surface area contributed by atoms with Crippen LogP contribution >= 0.6 is 0 Å². The second-order valence-electron chi connectivity index (χ2n) is 6.73. The van der Waals surface area contributed by atoms with Gasteiger partial charge in [-0.15, -0.1) is 0 Å². The molecule has 6 heteroatoms. The Bertz CT molecular complexity index is 880. The van der Waals surface area contributed by atoms with E-state index in [1.165, 1.54) is 0 Å². The maximum atomic E-state index is 10.5. The summed E-state index contributed by atoms with van der Waals surface area (Å²) in [6, 6.07) is 10.5. The Labute approximate surface area is 153 Å². The van der Waals surface area contributed by atoms with Gasteiger partial charge in [0.25, 0.3) is 0 Å². The molecule has 26 heavy (non-hydrogen) atoms. The van der Waals surface area contributed by atoms with Crippen LogP contribution in [0.3, 0.4) is 0 Å². The molecule has 2 atom stereocenters. The molecule has 0 saturated carbocycles. The highest BCUT2D eigenvalue weighted by Crippen LogP contribution is 2.23. The van der Waals surface area contributed by atoms with E-state index in [0.29, 0.717) is 6.54 Å². The predicted molar refractivity (Wildman–Crippen MR) is 99.4 cm³/mol. The zero-order chi connectivity index (χ0) is 18.8. The van der Waals surface area contributed by atoms with Crippen molar-refractivity contribution < 1.29 is 14.7 Å². The predicted octanol–water partition coefficient (Wildman–Crippen LogP) is 3.31. The van der Waals surface area contributed by atoms with Gasteiger partial charge in [0.05, 0.1) is 6.10 Å². The first kappa shape index (κ1) is 18.2. The van der Waals surface area contributed by atoms with Crippen LogP contribution in [0, 0.1) is 20.8 Å². The maximum Gasteiger partial charge on any atom is 0.180 e. The van der Waals surface area contributed by atoms with Gasteiger partial charge in [0, 0.05) is 30.0 Å². The van der Waals surface area contributed by atoms with Crippen molar-refractivity contribution in [2.45, 2.75) is 46.4 Å². The third-order valence-corrected chi connectivity index (χ3v) is 4.70. The number of benzene rings is 1. The first-order valence-corrected chi connectivity index (χ1v) is 8.68. The summed E-state index contributed by atoms with van der Waals surface area (Å²) in [6.07, 6.45) is -0.655. The number of phenols is 1. The first-order chi connectivity index (χ1) is 12.4. The fourth-order valence-corrected chi connectivity index (χ4v) is 3.16. The minimum Gasteiger partial charge on any atom is -0.508 e. The molecule has 2 heterocycles. The Hall–Kier alpha value is -2.57. The summed E-state index contributed by atoms with van der Waals surface area (Å²) in [5.74, 6) is 1.75. The van der Waals surface area contributed by atoms with Crippen molar-refractivity contribution >= 4 is 0 Å². The third kappa shape index (κ3) is 3.66. The minimum atomic E-state index is -0.655. The van der Waals surface area contributed by atoms with Crippen LogP contribution in [0.15, 0.2) is 40.9 Å². The van der Waals surface area contributed by atoms with Gasteiger partial charge < -0.3 is 24.6 Å². The number of aliphatic hydroxyl groups excluding tert-OH is 1. The minimum absolute atomic E-state index is 0.142. The Morgan fingerprint density at radius 1 is 1.15 bits per heavy atom. The van der Waals surface area contributed by atoms with E-state index in [0.717, 1.165) is 34.1 Å². The number of hydrogen-bond donors (Lipinski definition) is 3. The van der Waals surface area contributed by atoms with Gasteiger partial charge in [0.2, 0.25) is 0 Å². The van der Waals surface area contributed by atoms with Crippen molar-refractivity contribution in [2.24, 2.45) is 0 Å². The molecule has 0 bridgehead atoms. The van der Waals surface area contributed by atoms with Crippen molar-refractivity contribution in [2.75, 3.05) is 0 Å². The van der Waals surface area contributed by atoms with E-state index in [-0.39, 0.29) is 11.8 Å². The molecule has 3 rings (SSSR count). The zero-order valence-corrected chi connectivity index (χ0v) is 15.5. The van der Waals surface area contributed by atoms with Gasteiger partial charge in [-0.05, 0) is 57.0 Å². The standard InChI is InChI=1S/C20H25N3O3/c1-12-9-17(15(4)23(12)19-10-13(2)26-22-19)11-21-14(3)20(25)16-5-7-18(24)8-6-16/h5-10,14,20-21,24-25H,11H2,1-4H3/t14-,20+/m1/s1. The van der Waals surface area contributed by atoms with E-state index in [1.807, 2.05) is 26.8 Å². The van der Waals surface area contributed by atoms with Crippen LogP contribution in [0.5, 0.6) is 5.75 Å². The smallest absolute Gasteiger partial charge is 0.180 e. The van der Waals surface area contributed by atoms with E-state index in [1.54, 1.807) is 24.3 Å². The van der Waals surface area contributed by atoms with Gasteiger partial charge >= 0.3 is 0 Å². The highest BCUT2D eigenvalue weighted by Gasteiger charge is 2.18. The molecule has 0 fully saturated rings. The second-order valence-corrected chi connectivity index (χ2v) is 6.73. The van der Waals surface area contributed by atoms with E-state index >= 15 is 0 Å². The lowest BCUT2D eigenvalue weighted by Crippen LogP contribution is -2.31. The molecular formula is C20H25N3O3. The van der Waals surface area contributed by atoms with E-state index in [2.05, 4.69) is 28.0 Å². The lowest BCUT2D eigenvalue weighted by Gasteiger charge is -2.21. The Balaban J connectivity index is 1.70. The normalized spacial score (nSPS) is 13.7. The zero-order valence-electron chi connectivity index (χ0n) is 15.5. The molecule has 0 aliphatic rings. The number of aromatic hydroxyl groups is 1. The van der Waals surface area contributed by atoms with Crippen molar-refractivity contribution in [1.29, 1.82) is 0 Å². The molecule has 0 aliphatic heterocycles. The van der Waals surface area contributed by atoms with Crippen LogP contribution in [-0.2, 0) is 6.54 Å². The number of phenolic OH excluding ortho intramolecular Hbond substituents is 1. The molecule has 0 saturated heterocycles. The van der Waals surface area contributed by atoms with Crippen LogP contribution in [0.1, 0.15) is 41.3 Å². The summed E-state index contributed by atoms with van der Waals surface area (Å²) in [4.78, 5) is 0. The fraction of sp³-hybridized carbons (Fsp3) is 0.350. The largest absolute Gasteiger partial charge is 0.508 e. The molecule has 2 aromatic heterocycles. The van der Waals surface area contributed by atoms with Gasteiger partial charge in [-0.25, -0.2) is 0 Å². The summed E-state index contributed by atoms with van der Waals surface area (Å²) in [6.45, 7) is 8.54. The quantitative estimate of drug-likeness (QED) is 0.632. The van der Waals surface area contributed by atoms with Crippen molar-refractivity contribution in [3.05, 3.63) is 64.7 Å². The van der Waals surface area contributed by atoms with Crippen molar-refractivity contribution in [1.82, 2.24) is 15.0 Å². The topological polar surface area (TPSA) is 83.5 Å². The van der Waals surface area contributed by atoms with Crippen LogP contribution < -0.4 is 5.32 Å². The third-order valence-electron chi connectivity index (χ3n) is 4.70. The summed E-state index contributed by atoms with van der Waals surface area (Å²) in [5, 5.41) is 27.3. The summed E-state index contributed by atoms with van der Waals surface area (Å²) in [7, 11) is 0. The molecule has 138 valence electrons. The number of nitrogens with zero attached hydrogens (tertiary/aromatic N) is 2. The number of aromatic nitrogens is 2. The monoisotopic (exact) mass is 355 g/mol. The van der Waals surface area contributed by atoms with Gasteiger partial charge in [0.1, 0.15) is 11.5 Å². The van der Waals surface area contributed by atoms with Crippen LogP contribution in [0.2, 0.25) is 0 Å². The molecule has 0 spiro atoms. The molecule has 0 radical (unpaired) electrons. The molecule has 1 aromatic carbocycles. The van der Waals surface area contributed by atoms with Crippen molar-refractivity contribution in [3.8, 4) is 11.6 Å². The molecule has 0 unspecified atom stereocenters. The Kier molecular flexibility index (Phi) is 5.15. The van der Waals surface area contributed by atoms with Gasteiger partial charge in [-0.3, -0.25) is 0 Å². The number of aryl methyl sites for hydroxylation is 2. The highest BCUT2D eigenvalue weighted by molar-refractivity contribution is 5.36. The molecular weight excluding hydrogens is 330 g/mol. The van der Waals surface area contributed by atoms with E-state index in [4.69, 9.17) is 4.52 Å². The number of rotatable bonds is 6. The van der Waals surface area contributed by atoms with Crippen LogP contribution in [-0.4, -0.2) is 26.0 Å². The Morgan fingerprint density at radius 2 is 1.85 bits per heavy atom. The SMILES string of the molecule is Cc1cc(-n2c(C)cc(CN[C@H](C)[C@H](O)c3ccc(O)cc3)c2C)no1. The summed E-state index contributed by atoms with van der Waals surface area (Å²) >= 11 is 0. The Morgan fingerprint density at radius 3 is 2.46 bits per heavy atom. The van der Waals surface area contributed by atoms with Gasteiger partial charge in [-0.2, -0.15) is 0 Å². The molecule has 0 amide bonds. The van der Waals surface area contributed by atoms with Crippen molar-refractivity contribution in [3.63, 3.8) is 0 Å². The summed E-state index contributed by atoms with van der Waals surface area (Å²) in [5.41, 5.74) is 4.09. The molecule has 3 aromatic rings. The number of hydrogen-bond acceptors (Lipinski definition) is 5. The summed E-state index contributed by atoms with van der Waals surface area (Å²) < 4.78 is 7.25.